The summed E-state index contributed by atoms with van der Waals surface area (Å²) in [5.41, 5.74) is 1.18. The molecule has 9 nitrogen and oxygen atoms in total. The SMILES string of the molecule is CCOc1ccc(Cl)c(/C(O)=C2\C(=O)C(=O)N(Cc3cccnc3)C2c2cc(OC)c(OC)c(OC)c2)c1. The number of amides is 1. The summed E-state index contributed by atoms with van der Waals surface area (Å²) in [6, 6.07) is 10.5. The Balaban J connectivity index is 1.97. The molecule has 0 radical (unpaired) electrons. The average molecular weight is 539 g/mol. The lowest BCUT2D eigenvalue weighted by Gasteiger charge is -2.26. The second-order valence-corrected chi connectivity index (χ2v) is 8.73. The fraction of sp³-hybridized carbons (Fsp3) is 0.250. The maximum Gasteiger partial charge on any atom is 0.295 e. The van der Waals surface area contributed by atoms with Gasteiger partial charge in [-0.2, -0.15) is 0 Å². The molecule has 0 saturated carbocycles. The van der Waals surface area contributed by atoms with Crippen molar-refractivity contribution in [1.82, 2.24) is 9.88 Å². The van der Waals surface area contributed by atoms with E-state index in [4.69, 9.17) is 30.5 Å². The molecule has 1 atom stereocenters. The Morgan fingerprint density at radius 2 is 1.76 bits per heavy atom. The summed E-state index contributed by atoms with van der Waals surface area (Å²) in [5.74, 6) is -0.630. The number of Topliss-reactive ketones (excluding diaryl/α,β-unsaturated/α-hetero) is 1. The second kappa shape index (κ2) is 11.4. The van der Waals surface area contributed by atoms with Crippen molar-refractivity contribution in [1.29, 1.82) is 0 Å². The lowest BCUT2D eigenvalue weighted by molar-refractivity contribution is -0.140. The van der Waals surface area contributed by atoms with Crippen LogP contribution < -0.4 is 18.9 Å². The predicted octanol–water partition coefficient (Wildman–Crippen LogP) is 4.78. The third kappa shape index (κ3) is 4.97. The maximum absolute atomic E-state index is 13.5. The number of benzene rings is 2. The van der Waals surface area contributed by atoms with Gasteiger partial charge in [0.05, 0.1) is 44.6 Å². The Hall–Kier alpha value is -4.24. The molecule has 0 spiro atoms. The van der Waals surface area contributed by atoms with Crippen molar-refractivity contribution in [3.8, 4) is 23.0 Å². The Bertz CT molecular complexity index is 1370. The number of ether oxygens (including phenoxy) is 4. The molecule has 38 heavy (non-hydrogen) atoms. The molecule has 1 amide bonds. The lowest BCUT2D eigenvalue weighted by atomic mass is 9.94. The van der Waals surface area contributed by atoms with Crippen LogP contribution in [0.15, 0.2) is 60.4 Å². The summed E-state index contributed by atoms with van der Waals surface area (Å²) in [7, 11) is 4.40. The van der Waals surface area contributed by atoms with E-state index < -0.39 is 23.5 Å². The minimum Gasteiger partial charge on any atom is -0.507 e. The Kier molecular flexibility index (Phi) is 8.07. The van der Waals surface area contributed by atoms with Crippen molar-refractivity contribution in [2.45, 2.75) is 19.5 Å². The predicted molar refractivity (Wildman–Crippen MR) is 141 cm³/mol. The molecule has 1 aromatic heterocycles. The quantitative estimate of drug-likeness (QED) is 0.235. The van der Waals surface area contributed by atoms with Crippen LogP contribution in [-0.4, -0.2) is 54.6 Å². The number of pyridine rings is 1. The molecule has 1 fully saturated rings. The summed E-state index contributed by atoms with van der Waals surface area (Å²) in [6.07, 6.45) is 3.22. The van der Waals surface area contributed by atoms with Gasteiger partial charge in [0.25, 0.3) is 11.7 Å². The zero-order chi connectivity index (χ0) is 27.4. The molecule has 2 aromatic carbocycles. The highest BCUT2D eigenvalue weighted by atomic mass is 35.5. The van der Waals surface area contributed by atoms with E-state index >= 15 is 0 Å². The first-order valence-electron chi connectivity index (χ1n) is 11.7. The zero-order valence-corrected chi connectivity index (χ0v) is 22.1. The smallest absolute Gasteiger partial charge is 0.295 e. The number of hydrogen-bond acceptors (Lipinski definition) is 8. The summed E-state index contributed by atoms with van der Waals surface area (Å²) < 4.78 is 22.0. The highest BCUT2D eigenvalue weighted by molar-refractivity contribution is 6.47. The van der Waals surface area contributed by atoms with Gasteiger partial charge in [0.1, 0.15) is 11.5 Å². The van der Waals surface area contributed by atoms with Crippen LogP contribution in [-0.2, 0) is 16.1 Å². The molecule has 1 saturated heterocycles. The van der Waals surface area contributed by atoms with Gasteiger partial charge in [-0.3, -0.25) is 14.6 Å². The molecule has 0 aliphatic carbocycles. The van der Waals surface area contributed by atoms with E-state index in [1.165, 1.54) is 32.3 Å². The largest absolute Gasteiger partial charge is 0.507 e. The highest BCUT2D eigenvalue weighted by Gasteiger charge is 2.47. The van der Waals surface area contributed by atoms with Crippen LogP contribution in [0.4, 0.5) is 0 Å². The van der Waals surface area contributed by atoms with Crippen LogP contribution in [0.25, 0.3) is 5.76 Å². The Morgan fingerprint density at radius 1 is 1.05 bits per heavy atom. The molecule has 3 aromatic rings. The minimum absolute atomic E-state index is 0.0588. The van der Waals surface area contributed by atoms with Gasteiger partial charge in [0, 0.05) is 24.5 Å². The van der Waals surface area contributed by atoms with E-state index in [9.17, 15) is 14.7 Å². The van der Waals surface area contributed by atoms with Crippen molar-refractivity contribution in [3.05, 3.63) is 82.1 Å². The number of hydrogen-bond donors (Lipinski definition) is 1. The monoisotopic (exact) mass is 538 g/mol. The topological polar surface area (TPSA) is 107 Å². The lowest BCUT2D eigenvalue weighted by Crippen LogP contribution is -2.29. The number of carbonyl (C=O) groups is 2. The van der Waals surface area contributed by atoms with E-state index in [1.54, 1.807) is 48.8 Å². The highest BCUT2D eigenvalue weighted by Crippen LogP contribution is 2.46. The number of rotatable bonds is 9. The number of ketones is 1. The van der Waals surface area contributed by atoms with E-state index in [2.05, 4.69) is 4.98 Å². The van der Waals surface area contributed by atoms with Gasteiger partial charge in [-0.25, -0.2) is 0 Å². The number of methoxy groups -OCH3 is 3. The first kappa shape index (κ1) is 26.8. The first-order chi connectivity index (χ1) is 18.3. The van der Waals surface area contributed by atoms with E-state index in [1.807, 2.05) is 6.92 Å². The Morgan fingerprint density at radius 3 is 2.34 bits per heavy atom. The molecular weight excluding hydrogens is 512 g/mol. The maximum atomic E-state index is 13.5. The number of halogens is 1. The molecule has 1 N–H and O–H groups in total. The molecule has 2 heterocycles. The van der Waals surface area contributed by atoms with Crippen molar-refractivity contribution < 1.29 is 33.6 Å². The van der Waals surface area contributed by atoms with Gasteiger partial charge in [-0.1, -0.05) is 17.7 Å². The molecular formula is C28H27ClN2O7. The average Bonchev–Trinajstić information content (AvgIpc) is 3.18. The molecule has 1 unspecified atom stereocenters. The second-order valence-electron chi connectivity index (χ2n) is 8.32. The summed E-state index contributed by atoms with van der Waals surface area (Å²) in [4.78, 5) is 32.3. The normalized spacial score (nSPS) is 16.4. The fourth-order valence-corrected chi connectivity index (χ4v) is 4.63. The first-order valence-corrected chi connectivity index (χ1v) is 12.1. The van der Waals surface area contributed by atoms with Crippen LogP contribution in [0.1, 0.15) is 29.7 Å². The van der Waals surface area contributed by atoms with E-state index in [0.29, 0.717) is 40.7 Å². The molecule has 198 valence electrons. The molecule has 0 bridgehead atoms. The van der Waals surface area contributed by atoms with Gasteiger partial charge >= 0.3 is 0 Å². The standard InChI is InChI=1S/C28H27ClN2O7/c1-5-38-18-8-9-20(29)19(13-18)25(32)23-24(17-11-21(35-2)27(37-4)22(12-17)36-3)31(28(34)26(23)33)15-16-7-6-10-30-14-16/h6-14,24,32H,5,15H2,1-4H3/b25-23+. The third-order valence-corrected chi connectivity index (χ3v) is 6.45. The number of nitrogens with zero attached hydrogens (tertiary/aromatic N) is 2. The van der Waals surface area contributed by atoms with Crippen LogP contribution in [0.3, 0.4) is 0 Å². The molecule has 1 aliphatic rings. The van der Waals surface area contributed by atoms with Gasteiger partial charge < -0.3 is 29.0 Å². The molecule has 10 heteroatoms. The summed E-state index contributed by atoms with van der Waals surface area (Å²) in [6.45, 7) is 2.27. The number of aliphatic hydroxyl groups is 1. The third-order valence-electron chi connectivity index (χ3n) is 6.12. The molecule has 4 rings (SSSR count). The van der Waals surface area contributed by atoms with E-state index in [0.717, 1.165) is 0 Å². The molecule has 1 aliphatic heterocycles. The van der Waals surface area contributed by atoms with Gasteiger partial charge in [0.2, 0.25) is 5.75 Å². The number of likely N-dealkylation sites (tertiary alicyclic amines) is 1. The van der Waals surface area contributed by atoms with Crippen LogP contribution >= 0.6 is 11.6 Å². The Labute approximate surface area is 225 Å². The fourth-order valence-electron chi connectivity index (χ4n) is 4.42. The van der Waals surface area contributed by atoms with Crippen molar-refractivity contribution >= 4 is 29.1 Å². The van der Waals surface area contributed by atoms with Crippen molar-refractivity contribution in [2.75, 3.05) is 27.9 Å². The number of carbonyl (C=O) groups excluding carboxylic acids is 2. The van der Waals surface area contributed by atoms with Crippen LogP contribution in [0.5, 0.6) is 23.0 Å². The van der Waals surface area contributed by atoms with Crippen LogP contribution in [0.2, 0.25) is 5.02 Å². The van der Waals surface area contributed by atoms with Gasteiger partial charge in [-0.15, -0.1) is 0 Å². The van der Waals surface area contributed by atoms with Crippen molar-refractivity contribution in [2.24, 2.45) is 0 Å². The number of aromatic nitrogens is 1. The summed E-state index contributed by atoms with van der Waals surface area (Å²) in [5, 5.41) is 11.7. The van der Waals surface area contributed by atoms with E-state index in [-0.39, 0.29) is 22.7 Å². The summed E-state index contributed by atoms with van der Waals surface area (Å²) >= 11 is 6.42. The number of aliphatic hydroxyl groups excluding tert-OH is 1. The van der Waals surface area contributed by atoms with Gasteiger partial charge in [-0.05, 0) is 54.4 Å². The zero-order valence-electron chi connectivity index (χ0n) is 21.4. The van der Waals surface area contributed by atoms with Crippen LogP contribution in [0, 0.1) is 0 Å². The van der Waals surface area contributed by atoms with Crippen molar-refractivity contribution in [3.63, 3.8) is 0 Å². The van der Waals surface area contributed by atoms with Gasteiger partial charge in [0.15, 0.2) is 11.5 Å². The minimum atomic E-state index is -1.00.